The maximum atomic E-state index is 12.4. The van der Waals surface area contributed by atoms with Gasteiger partial charge in [-0.3, -0.25) is 4.79 Å². The van der Waals surface area contributed by atoms with Gasteiger partial charge < -0.3 is 9.88 Å². The molecule has 1 saturated heterocycles. The Bertz CT molecular complexity index is 499. The third-order valence-corrected chi connectivity index (χ3v) is 3.65. The number of nitrogens with zero attached hydrogens (tertiary/aromatic N) is 1. The molecule has 0 spiro atoms. The highest BCUT2D eigenvalue weighted by molar-refractivity contribution is 5.96. The first-order valence-electron chi connectivity index (χ1n) is 6.65. The molecule has 2 rings (SSSR count). The minimum Gasteiger partial charge on any atom is -0.364 e. The Labute approximate surface area is 116 Å². The smallest absolute Gasteiger partial charge is 0.364 e. The summed E-state index contributed by atoms with van der Waals surface area (Å²) in [5.41, 5.74) is 0.552. The third kappa shape index (κ3) is 2.99. The average molecular weight is 288 g/mol. The van der Waals surface area contributed by atoms with Crippen LogP contribution in [-0.4, -0.2) is 35.1 Å². The van der Waals surface area contributed by atoms with Crippen LogP contribution in [0.25, 0.3) is 0 Å². The van der Waals surface area contributed by atoms with Crippen LogP contribution in [0.1, 0.15) is 49.2 Å². The summed E-state index contributed by atoms with van der Waals surface area (Å²) in [6, 6.07) is 1.69. The van der Waals surface area contributed by atoms with Crippen molar-refractivity contribution in [3.05, 3.63) is 23.5 Å². The zero-order valence-electron chi connectivity index (χ0n) is 11.8. The number of H-pyrrole nitrogens is 1. The van der Waals surface area contributed by atoms with Crippen LogP contribution in [0.4, 0.5) is 13.2 Å². The van der Waals surface area contributed by atoms with Crippen molar-refractivity contribution in [1.82, 2.24) is 9.88 Å². The first-order chi connectivity index (χ1) is 9.11. The molecule has 1 aliphatic rings. The van der Waals surface area contributed by atoms with E-state index in [-0.39, 0.29) is 24.9 Å². The van der Waals surface area contributed by atoms with E-state index in [1.54, 1.807) is 19.2 Å². The fourth-order valence-corrected chi connectivity index (χ4v) is 2.83. The molecular formula is C14H19F3N2O. The molecule has 0 bridgehead atoms. The van der Waals surface area contributed by atoms with Gasteiger partial charge in [0.05, 0.1) is 12.0 Å². The van der Waals surface area contributed by atoms with Gasteiger partial charge in [0.2, 0.25) is 0 Å². The van der Waals surface area contributed by atoms with E-state index in [0.29, 0.717) is 5.56 Å². The number of hydrogen-bond acceptors (Lipinski definition) is 1. The monoisotopic (exact) mass is 288 g/mol. The standard InChI is InChI=1S/C14H19F3N2O/c1-9(2)11-10(4-5-18-11)12(20)19-7-13(3,8-19)6-14(15,16)17/h4-5,9,18H,6-8H2,1-3H3. The van der Waals surface area contributed by atoms with Crippen LogP contribution < -0.4 is 0 Å². The summed E-state index contributed by atoms with van der Waals surface area (Å²) in [7, 11) is 0. The van der Waals surface area contributed by atoms with Gasteiger partial charge in [-0.1, -0.05) is 20.8 Å². The molecule has 1 amide bonds. The van der Waals surface area contributed by atoms with Gasteiger partial charge in [-0.05, 0) is 12.0 Å². The Balaban J connectivity index is 2.02. The van der Waals surface area contributed by atoms with E-state index < -0.39 is 18.0 Å². The number of nitrogens with one attached hydrogen (secondary N) is 1. The van der Waals surface area contributed by atoms with Crippen molar-refractivity contribution >= 4 is 5.91 Å². The van der Waals surface area contributed by atoms with Gasteiger partial charge in [0, 0.05) is 30.4 Å². The summed E-state index contributed by atoms with van der Waals surface area (Å²) in [4.78, 5) is 16.8. The van der Waals surface area contributed by atoms with Crippen LogP contribution in [0.5, 0.6) is 0 Å². The van der Waals surface area contributed by atoms with E-state index in [0.717, 1.165) is 5.69 Å². The highest BCUT2D eigenvalue weighted by Gasteiger charge is 2.48. The van der Waals surface area contributed by atoms with Gasteiger partial charge in [0.15, 0.2) is 0 Å². The molecule has 1 aliphatic heterocycles. The number of carbonyl (C=O) groups excluding carboxylic acids is 1. The lowest BCUT2D eigenvalue weighted by molar-refractivity contribution is -0.172. The van der Waals surface area contributed by atoms with Gasteiger partial charge in [0.1, 0.15) is 0 Å². The average Bonchev–Trinajstić information content (AvgIpc) is 2.70. The number of carbonyl (C=O) groups is 1. The molecule has 1 aromatic heterocycles. The lowest BCUT2D eigenvalue weighted by atomic mass is 9.78. The Morgan fingerprint density at radius 2 is 2.05 bits per heavy atom. The Morgan fingerprint density at radius 3 is 2.55 bits per heavy atom. The summed E-state index contributed by atoms with van der Waals surface area (Å²) >= 11 is 0. The van der Waals surface area contributed by atoms with Gasteiger partial charge >= 0.3 is 6.18 Å². The second-order valence-corrected chi connectivity index (χ2v) is 6.22. The zero-order valence-corrected chi connectivity index (χ0v) is 11.8. The minimum atomic E-state index is -4.18. The summed E-state index contributed by atoms with van der Waals surface area (Å²) in [6.45, 7) is 5.83. The van der Waals surface area contributed by atoms with Crippen molar-refractivity contribution in [1.29, 1.82) is 0 Å². The second kappa shape index (κ2) is 4.82. The number of aromatic amines is 1. The molecule has 1 aromatic rings. The van der Waals surface area contributed by atoms with E-state index in [4.69, 9.17) is 0 Å². The first-order valence-corrected chi connectivity index (χ1v) is 6.65. The Hall–Kier alpha value is -1.46. The van der Waals surface area contributed by atoms with Gasteiger partial charge in [0.25, 0.3) is 5.91 Å². The van der Waals surface area contributed by atoms with Gasteiger partial charge in [-0.25, -0.2) is 0 Å². The quantitative estimate of drug-likeness (QED) is 0.907. The summed E-state index contributed by atoms with van der Waals surface area (Å²) in [5.74, 6) is -0.0126. The van der Waals surface area contributed by atoms with Crippen molar-refractivity contribution in [2.24, 2.45) is 5.41 Å². The predicted molar refractivity (Wildman–Crippen MR) is 69.6 cm³/mol. The second-order valence-electron chi connectivity index (χ2n) is 6.22. The van der Waals surface area contributed by atoms with Crippen molar-refractivity contribution in [2.45, 2.75) is 39.3 Å². The van der Waals surface area contributed by atoms with E-state index >= 15 is 0 Å². The molecular weight excluding hydrogens is 269 g/mol. The maximum absolute atomic E-state index is 12.4. The lowest BCUT2D eigenvalue weighted by Gasteiger charge is -2.48. The third-order valence-electron chi connectivity index (χ3n) is 3.65. The first kappa shape index (κ1) is 14.9. The number of amides is 1. The topological polar surface area (TPSA) is 36.1 Å². The van der Waals surface area contributed by atoms with Crippen molar-refractivity contribution in [3.8, 4) is 0 Å². The van der Waals surface area contributed by atoms with E-state index in [9.17, 15) is 18.0 Å². The lowest BCUT2D eigenvalue weighted by Crippen LogP contribution is -2.58. The van der Waals surface area contributed by atoms with Crippen LogP contribution in [-0.2, 0) is 0 Å². The summed E-state index contributed by atoms with van der Waals surface area (Å²) in [6.07, 6.45) is -3.33. The molecule has 0 radical (unpaired) electrons. The van der Waals surface area contributed by atoms with Crippen molar-refractivity contribution in [2.75, 3.05) is 13.1 Å². The number of hydrogen-bond donors (Lipinski definition) is 1. The molecule has 1 N–H and O–H groups in total. The highest BCUT2D eigenvalue weighted by atomic mass is 19.4. The molecule has 0 aromatic carbocycles. The van der Waals surface area contributed by atoms with Crippen LogP contribution >= 0.6 is 0 Å². The molecule has 6 heteroatoms. The largest absolute Gasteiger partial charge is 0.389 e. The zero-order chi connectivity index (χ0) is 15.1. The Kier molecular flexibility index (Phi) is 3.60. The molecule has 0 unspecified atom stereocenters. The summed E-state index contributed by atoms with van der Waals surface area (Å²) < 4.78 is 37.3. The molecule has 0 saturated carbocycles. The fourth-order valence-electron chi connectivity index (χ4n) is 2.83. The van der Waals surface area contributed by atoms with Crippen LogP contribution in [0.3, 0.4) is 0 Å². The van der Waals surface area contributed by atoms with E-state index in [2.05, 4.69) is 4.98 Å². The predicted octanol–water partition coefficient (Wildman–Crippen LogP) is 3.55. The van der Waals surface area contributed by atoms with Crippen LogP contribution in [0, 0.1) is 5.41 Å². The van der Waals surface area contributed by atoms with Crippen LogP contribution in [0.15, 0.2) is 12.3 Å². The van der Waals surface area contributed by atoms with Crippen molar-refractivity contribution in [3.63, 3.8) is 0 Å². The number of rotatable bonds is 3. The van der Waals surface area contributed by atoms with E-state index in [1.807, 2.05) is 13.8 Å². The molecule has 20 heavy (non-hydrogen) atoms. The number of likely N-dealkylation sites (tertiary alicyclic amines) is 1. The van der Waals surface area contributed by atoms with Gasteiger partial charge in [-0.15, -0.1) is 0 Å². The van der Waals surface area contributed by atoms with Crippen LogP contribution in [0.2, 0.25) is 0 Å². The number of alkyl halides is 3. The molecule has 0 atom stereocenters. The van der Waals surface area contributed by atoms with Crippen molar-refractivity contribution < 1.29 is 18.0 Å². The molecule has 0 aliphatic carbocycles. The number of halogens is 3. The molecule has 3 nitrogen and oxygen atoms in total. The minimum absolute atomic E-state index is 0.161. The number of aromatic nitrogens is 1. The normalized spacial score (nSPS) is 18.2. The Morgan fingerprint density at radius 1 is 1.45 bits per heavy atom. The highest BCUT2D eigenvalue weighted by Crippen LogP contribution is 2.41. The molecule has 2 heterocycles. The molecule has 112 valence electrons. The van der Waals surface area contributed by atoms with E-state index in [1.165, 1.54) is 4.90 Å². The maximum Gasteiger partial charge on any atom is 0.389 e. The molecule has 1 fully saturated rings. The SMILES string of the molecule is CC(C)c1[nH]ccc1C(=O)N1CC(C)(CC(F)(F)F)C1. The fraction of sp³-hybridized carbons (Fsp3) is 0.643. The van der Waals surface area contributed by atoms with Gasteiger partial charge in [-0.2, -0.15) is 13.2 Å². The summed E-state index contributed by atoms with van der Waals surface area (Å²) in [5, 5.41) is 0.